The fourth-order valence-corrected chi connectivity index (χ4v) is 6.00. The van der Waals surface area contributed by atoms with Gasteiger partial charge in [-0.3, -0.25) is 9.10 Å². The van der Waals surface area contributed by atoms with Crippen LogP contribution in [0.2, 0.25) is 10.0 Å². The number of hydrazone groups is 1. The van der Waals surface area contributed by atoms with Gasteiger partial charge in [0.05, 0.1) is 28.9 Å². The number of carbonyl (C=O) groups excluding carboxylic acids is 1. The number of rotatable bonds is 9. The molecule has 1 N–H and O–H groups in total. The van der Waals surface area contributed by atoms with E-state index in [9.17, 15) is 13.2 Å². The minimum absolute atomic E-state index is 0.0379. The van der Waals surface area contributed by atoms with E-state index < -0.39 is 22.5 Å². The Balaban J connectivity index is 1.57. The van der Waals surface area contributed by atoms with Crippen molar-refractivity contribution in [2.24, 2.45) is 5.10 Å². The summed E-state index contributed by atoms with van der Waals surface area (Å²) in [6.07, 6.45) is 1.52. The second-order valence-electron chi connectivity index (χ2n) is 9.08. The number of aromatic nitrogens is 1. The first-order valence-electron chi connectivity index (χ1n) is 12.2. The zero-order valence-electron chi connectivity index (χ0n) is 22.4. The molecule has 0 radical (unpaired) electrons. The predicted molar refractivity (Wildman–Crippen MR) is 160 cm³/mol. The van der Waals surface area contributed by atoms with E-state index in [4.69, 9.17) is 27.9 Å². The lowest BCUT2D eigenvalue weighted by molar-refractivity contribution is -0.119. The molecular weight excluding hydrogens is 571 g/mol. The molecule has 1 aromatic heterocycles. The van der Waals surface area contributed by atoms with Gasteiger partial charge in [0.1, 0.15) is 12.3 Å². The number of benzene rings is 3. The molecule has 0 aliphatic heterocycles. The molecular formula is C29H28Cl2N4O4S. The van der Waals surface area contributed by atoms with Gasteiger partial charge in [-0.2, -0.15) is 5.10 Å². The number of halogens is 2. The number of hydrogen-bond donors (Lipinski definition) is 1. The van der Waals surface area contributed by atoms with Crippen LogP contribution in [0.4, 0.5) is 5.69 Å². The summed E-state index contributed by atoms with van der Waals surface area (Å²) in [5.74, 6) is -0.256. The quantitative estimate of drug-likeness (QED) is 0.187. The van der Waals surface area contributed by atoms with Crippen molar-refractivity contribution in [1.82, 2.24) is 9.99 Å². The molecule has 8 nitrogen and oxygen atoms in total. The third kappa shape index (κ3) is 6.33. The Morgan fingerprint density at radius 2 is 1.68 bits per heavy atom. The van der Waals surface area contributed by atoms with Crippen LogP contribution in [-0.2, 0) is 14.8 Å². The molecule has 0 aliphatic carbocycles. The number of anilines is 1. The number of aryl methyl sites for hydroxylation is 2. The maximum atomic E-state index is 13.6. The molecule has 0 fully saturated rings. The van der Waals surface area contributed by atoms with Gasteiger partial charge in [-0.1, -0.05) is 40.9 Å². The number of nitrogens with zero attached hydrogens (tertiary/aromatic N) is 3. The summed E-state index contributed by atoms with van der Waals surface area (Å²) in [6, 6.07) is 20.3. The maximum Gasteiger partial charge on any atom is 0.264 e. The number of sulfonamides is 1. The van der Waals surface area contributed by atoms with E-state index in [1.54, 1.807) is 18.2 Å². The Morgan fingerprint density at radius 3 is 2.30 bits per heavy atom. The van der Waals surface area contributed by atoms with Crippen LogP contribution in [0.15, 0.2) is 82.8 Å². The zero-order valence-corrected chi connectivity index (χ0v) is 24.7. The van der Waals surface area contributed by atoms with E-state index in [1.165, 1.54) is 37.6 Å². The minimum atomic E-state index is -4.11. The third-order valence-electron chi connectivity index (χ3n) is 6.27. The molecule has 0 saturated carbocycles. The maximum absolute atomic E-state index is 13.6. The van der Waals surface area contributed by atoms with Crippen molar-refractivity contribution in [3.05, 3.63) is 105 Å². The van der Waals surface area contributed by atoms with E-state index in [0.717, 1.165) is 32.5 Å². The van der Waals surface area contributed by atoms with Gasteiger partial charge >= 0.3 is 0 Å². The van der Waals surface area contributed by atoms with Crippen LogP contribution in [-0.4, -0.2) is 38.8 Å². The van der Waals surface area contributed by atoms with Crippen LogP contribution in [0.1, 0.15) is 22.5 Å². The van der Waals surface area contributed by atoms with E-state index >= 15 is 0 Å². The minimum Gasteiger partial charge on any atom is -0.495 e. The van der Waals surface area contributed by atoms with E-state index in [2.05, 4.69) is 10.5 Å². The number of carbonyl (C=O) groups is 1. The van der Waals surface area contributed by atoms with Crippen molar-refractivity contribution < 1.29 is 17.9 Å². The van der Waals surface area contributed by atoms with Crippen molar-refractivity contribution in [2.75, 3.05) is 18.0 Å². The average molecular weight is 600 g/mol. The monoisotopic (exact) mass is 598 g/mol. The van der Waals surface area contributed by atoms with Crippen molar-refractivity contribution in [2.45, 2.75) is 25.7 Å². The first-order valence-corrected chi connectivity index (χ1v) is 14.4. The highest BCUT2D eigenvalue weighted by molar-refractivity contribution is 7.92. The van der Waals surface area contributed by atoms with Crippen molar-refractivity contribution in [3.8, 4) is 11.4 Å². The lowest BCUT2D eigenvalue weighted by Crippen LogP contribution is -2.39. The van der Waals surface area contributed by atoms with Crippen LogP contribution in [0.5, 0.6) is 5.75 Å². The Kier molecular flexibility index (Phi) is 8.88. The first kappa shape index (κ1) is 29.2. The fourth-order valence-electron chi connectivity index (χ4n) is 4.21. The summed E-state index contributed by atoms with van der Waals surface area (Å²) < 4.78 is 35.4. The molecule has 0 unspecified atom stereocenters. The topological polar surface area (TPSA) is 93.0 Å². The van der Waals surface area contributed by atoms with Gasteiger partial charge in [-0.15, -0.1) is 0 Å². The number of amides is 1. The molecule has 0 bridgehead atoms. The van der Waals surface area contributed by atoms with E-state index in [-0.39, 0.29) is 15.6 Å². The SMILES string of the molecule is COc1ccc(N(CC(=O)N/N=C\c2cc(C)n(-c3ccc(Cl)cc3)c2C)S(=O)(=O)c2ccc(C)cc2)cc1Cl. The molecule has 4 aromatic rings. The highest BCUT2D eigenvalue weighted by Crippen LogP contribution is 2.32. The second-order valence-corrected chi connectivity index (χ2v) is 11.8. The molecule has 1 amide bonds. The normalized spacial score (nSPS) is 11.6. The summed E-state index contributed by atoms with van der Waals surface area (Å²) in [7, 11) is -2.66. The van der Waals surface area contributed by atoms with Gasteiger partial charge in [0, 0.05) is 27.7 Å². The first-order chi connectivity index (χ1) is 19.0. The molecule has 0 spiro atoms. The van der Waals surface area contributed by atoms with Gasteiger partial charge in [-0.25, -0.2) is 13.8 Å². The Hall–Kier alpha value is -3.79. The molecule has 1 heterocycles. The van der Waals surface area contributed by atoms with Gasteiger partial charge in [0.2, 0.25) is 0 Å². The molecule has 40 heavy (non-hydrogen) atoms. The van der Waals surface area contributed by atoms with Crippen LogP contribution in [0.3, 0.4) is 0 Å². The summed E-state index contributed by atoms with van der Waals surface area (Å²) in [5.41, 5.74) is 7.17. The molecule has 0 atom stereocenters. The summed E-state index contributed by atoms with van der Waals surface area (Å²) >= 11 is 12.3. The standard InChI is InChI=1S/C29H28Cl2N4O4S/c1-19-5-12-26(13-6-19)40(37,38)34(25-11-14-28(39-4)27(31)16-25)18-29(36)33-32-17-22-15-20(2)35(21(22)3)24-9-7-23(30)8-10-24/h5-17H,18H2,1-4H3,(H,33,36)/b32-17-. The molecule has 11 heteroatoms. The Bertz CT molecular complexity index is 1670. The van der Waals surface area contributed by atoms with Gasteiger partial charge in [0.15, 0.2) is 0 Å². The number of hydrogen-bond acceptors (Lipinski definition) is 5. The number of methoxy groups -OCH3 is 1. The molecule has 0 aliphatic rings. The predicted octanol–water partition coefficient (Wildman–Crippen LogP) is 6.06. The molecule has 208 valence electrons. The number of nitrogens with one attached hydrogen (secondary N) is 1. The fraction of sp³-hybridized carbons (Fsp3) is 0.172. The lowest BCUT2D eigenvalue weighted by atomic mass is 10.2. The molecule has 3 aromatic carbocycles. The van der Waals surface area contributed by atoms with Gasteiger partial charge < -0.3 is 9.30 Å². The Morgan fingerprint density at radius 1 is 1.00 bits per heavy atom. The van der Waals surface area contributed by atoms with Crippen LogP contribution in [0.25, 0.3) is 5.69 Å². The van der Waals surface area contributed by atoms with Gasteiger partial charge in [0.25, 0.3) is 15.9 Å². The zero-order chi connectivity index (χ0) is 29.0. The second kappa shape index (κ2) is 12.2. The highest BCUT2D eigenvalue weighted by Gasteiger charge is 2.28. The smallest absolute Gasteiger partial charge is 0.264 e. The van der Waals surface area contributed by atoms with Gasteiger partial charge in [-0.05, 0) is 81.4 Å². The third-order valence-corrected chi connectivity index (χ3v) is 8.60. The molecule has 0 saturated heterocycles. The van der Waals surface area contributed by atoms with Crippen LogP contribution < -0.4 is 14.5 Å². The van der Waals surface area contributed by atoms with Crippen LogP contribution in [0, 0.1) is 20.8 Å². The largest absolute Gasteiger partial charge is 0.495 e. The summed E-state index contributed by atoms with van der Waals surface area (Å²) in [6.45, 7) is 5.23. The number of ether oxygens (including phenoxy) is 1. The van der Waals surface area contributed by atoms with Crippen molar-refractivity contribution in [3.63, 3.8) is 0 Å². The van der Waals surface area contributed by atoms with Crippen molar-refractivity contribution >= 4 is 51.0 Å². The summed E-state index contributed by atoms with van der Waals surface area (Å²) in [4.78, 5) is 13.0. The lowest BCUT2D eigenvalue weighted by Gasteiger charge is -2.24. The van der Waals surface area contributed by atoms with Crippen LogP contribution >= 0.6 is 23.2 Å². The molecule has 4 rings (SSSR count). The Labute approximate surface area is 243 Å². The van der Waals surface area contributed by atoms with E-state index in [0.29, 0.717) is 10.8 Å². The average Bonchev–Trinajstić information content (AvgIpc) is 3.20. The summed E-state index contributed by atoms with van der Waals surface area (Å²) in [5, 5.41) is 4.95. The highest BCUT2D eigenvalue weighted by atomic mass is 35.5. The van der Waals surface area contributed by atoms with Crippen molar-refractivity contribution in [1.29, 1.82) is 0 Å². The van der Waals surface area contributed by atoms with E-state index in [1.807, 2.05) is 55.7 Å².